The summed E-state index contributed by atoms with van der Waals surface area (Å²) in [5.74, 6) is 1.76. The molecule has 26 heavy (non-hydrogen) atoms. The number of rotatable bonds is 5. The van der Waals surface area contributed by atoms with E-state index in [1.54, 1.807) is 4.52 Å². The zero-order chi connectivity index (χ0) is 18.1. The molecular formula is C16H19N5O3S2. The molecule has 1 fully saturated rings. The molecule has 1 aliphatic heterocycles. The number of piperidine rings is 1. The lowest BCUT2D eigenvalue weighted by atomic mass is 9.97. The largest absolute Gasteiger partial charge is 0.486 e. The number of ether oxygens (including phenoxy) is 1. The zero-order valence-corrected chi connectivity index (χ0v) is 15.9. The van der Waals surface area contributed by atoms with Gasteiger partial charge in [0.25, 0.3) is 0 Å². The number of sulfonamides is 1. The highest BCUT2D eigenvalue weighted by Gasteiger charge is 2.29. The summed E-state index contributed by atoms with van der Waals surface area (Å²) in [5, 5.41) is 13.9. The first kappa shape index (κ1) is 17.4. The van der Waals surface area contributed by atoms with Crippen molar-refractivity contribution in [2.24, 2.45) is 0 Å². The van der Waals surface area contributed by atoms with E-state index in [9.17, 15) is 8.42 Å². The molecular weight excluding hydrogens is 374 g/mol. The van der Waals surface area contributed by atoms with Gasteiger partial charge in [0.05, 0.1) is 6.26 Å². The summed E-state index contributed by atoms with van der Waals surface area (Å²) in [5.41, 5.74) is 0. The number of para-hydroxylation sites is 1. The van der Waals surface area contributed by atoms with Crippen molar-refractivity contribution < 1.29 is 13.2 Å². The maximum atomic E-state index is 11.7. The second-order valence-electron chi connectivity index (χ2n) is 6.29. The average molecular weight is 393 g/mol. The van der Waals surface area contributed by atoms with E-state index in [1.165, 1.54) is 21.9 Å². The fourth-order valence-electron chi connectivity index (χ4n) is 3.09. The van der Waals surface area contributed by atoms with Crippen LogP contribution in [0.25, 0.3) is 4.96 Å². The van der Waals surface area contributed by atoms with Crippen LogP contribution in [-0.2, 0) is 16.6 Å². The van der Waals surface area contributed by atoms with Crippen LogP contribution in [-0.4, -0.2) is 51.9 Å². The number of hydrogen-bond donors (Lipinski definition) is 0. The van der Waals surface area contributed by atoms with Crippen LogP contribution in [0.3, 0.4) is 0 Å². The molecule has 0 amide bonds. The van der Waals surface area contributed by atoms with Gasteiger partial charge in [-0.05, 0) is 25.0 Å². The maximum Gasteiger partial charge on any atom is 0.234 e. The van der Waals surface area contributed by atoms with Crippen molar-refractivity contribution >= 4 is 26.3 Å². The maximum absolute atomic E-state index is 11.7. The van der Waals surface area contributed by atoms with Gasteiger partial charge in [0.15, 0.2) is 10.8 Å². The molecule has 8 nitrogen and oxygen atoms in total. The van der Waals surface area contributed by atoms with Crippen molar-refractivity contribution in [1.82, 2.24) is 24.1 Å². The molecule has 0 atom stereocenters. The Morgan fingerprint density at radius 2 is 1.92 bits per heavy atom. The lowest BCUT2D eigenvalue weighted by molar-refractivity contribution is 0.302. The van der Waals surface area contributed by atoms with Crippen molar-refractivity contribution in [1.29, 1.82) is 0 Å². The van der Waals surface area contributed by atoms with E-state index in [1.807, 2.05) is 30.3 Å². The van der Waals surface area contributed by atoms with Gasteiger partial charge in [-0.25, -0.2) is 12.7 Å². The Hall–Kier alpha value is -2.04. The minimum absolute atomic E-state index is 0.160. The minimum Gasteiger partial charge on any atom is -0.486 e. The normalized spacial score (nSPS) is 17.0. The van der Waals surface area contributed by atoms with Crippen LogP contribution >= 0.6 is 11.3 Å². The first-order valence-electron chi connectivity index (χ1n) is 8.35. The Balaban J connectivity index is 1.47. The molecule has 1 aromatic carbocycles. The smallest absolute Gasteiger partial charge is 0.234 e. The zero-order valence-electron chi connectivity index (χ0n) is 14.3. The highest BCUT2D eigenvalue weighted by Crippen LogP contribution is 2.29. The molecule has 0 saturated carbocycles. The molecule has 0 radical (unpaired) electrons. The van der Waals surface area contributed by atoms with Crippen molar-refractivity contribution in [2.75, 3.05) is 19.3 Å². The van der Waals surface area contributed by atoms with Crippen LogP contribution in [0.5, 0.6) is 5.75 Å². The third kappa shape index (κ3) is 3.57. The minimum atomic E-state index is -3.13. The standard InChI is InChI=1S/C16H19N5O3S2/c1-26(22,23)20-9-7-12(8-10-20)15-17-18-16-21(15)19-14(25-16)11-24-13-5-3-2-4-6-13/h2-6,12H,7-11H2,1H3. The first-order chi connectivity index (χ1) is 12.5. The van der Waals surface area contributed by atoms with Gasteiger partial charge in [-0.1, -0.05) is 29.5 Å². The Morgan fingerprint density at radius 3 is 2.62 bits per heavy atom. The molecule has 0 bridgehead atoms. The van der Waals surface area contributed by atoms with Crippen molar-refractivity contribution in [3.05, 3.63) is 41.2 Å². The number of nitrogens with zero attached hydrogens (tertiary/aromatic N) is 5. The van der Waals surface area contributed by atoms with Crippen LogP contribution in [0.2, 0.25) is 0 Å². The summed E-state index contributed by atoms with van der Waals surface area (Å²) in [7, 11) is -3.13. The first-order valence-corrected chi connectivity index (χ1v) is 11.0. The van der Waals surface area contributed by atoms with E-state index in [2.05, 4.69) is 15.3 Å². The summed E-state index contributed by atoms with van der Waals surface area (Å²) < 4.78 is 32.3. The molecule has 1 saturated heterocycles. The SMILES string of the molecule is CS(=O)(=O)N1CCC(c2nnc3sc(COc4ccccc4)nn23)CC1. The monoisotopic (exact) mass is 393 g/mol. The van der Waals surface area contributed by atoms with E-state index in [4.69, 9.17) is 4.74 Å². The highest BCUT2D eigenvalue weighted by atomic mass is 32.2. The molecule has 4 rings (SSSR count). The Kier molecular flexibility index (Phi) is 4.63. The highest BCUT2D eigenvalue weighted by molar-refractivity contribution is 7.88. The molecule has 0 N–H and O–H groups in total. The molecule has 2 aromatic heterocycles. The number of hydrogen-bond acceptors (Lipinski definition) is 7. The Morgan fingerprint density at radius 1 is 1.19 bits per heavy atom. The predicted molar refractivity (Wildman–Crippen MR) is 97.8 cm³/mol. The number of fused-ring (bicyclic) bond motifs is 1. The summed E-state index contributed by atoms with van der Waals surface area (Å²) in [6.45, 7) is 1.39. The van der Waals surface area contributed by atoms with Gasteiger partial charge >= 0.3 is 0 Å². The van der Waals surface area contributed by atoms with E-state index < -0.39 is 10.0 Å². The van der Waals surface area contributed by atoms with Gasteiger partial charge < -0.3 is 4.74 Å². The van der Waals surface area contributed by atoms with Gasteiger partial charge in [-0.15, -0.1) is 10.2 Å². The van der Waals surface area contributed by atoms with E-state index in [-0.39, 0.29) is 5.92 Å². The lowest BCUT2D eigenvalue weighted by Gasteiger charge is -2.28. The summed E-state index contributed by atoms with van der Waals surface area (Å²) in [6.07, 6.45) is 2.70. The second-order valence-corrected chi connectivity index (χ2v) is 9.31. The van der Waals surface area contributed by atoms with Gasteiger partial charge in [-0.2, -0.15) is 9.61 Å². The Bertz CT molecular complexity index is 991. The number of benzene rings is 1. The van der Waals surface area contributed by atoms with Crippen LogP contribution in [0.4, 0.5) is 0 Å². The Labute approximate surface area is 155 Å². The van der Waals surface area contributed by atoms with Crippen molar-refractivity contribution in [2.45, 2.75) is 25.4 Å². The van der Waals surface area contributed by atoms with Gasteiger partial charge in [0, 0.05) is 19.0 Å². The third-order valence-corrected chi connectivity index (χ3v) is 6.63. The van der Waals surface area contributed by atoms with E-state index >= 15 is 0 Å². The van der Waals surface area contributed by atoms with Gasteiger partial charge in [-0.3, -0.25) is 0 Å². The predicted octanol–water partition coefficient (Wildman–Crippen LogP) is 1.90. The molecule has 3 heterocycles. The average Bonchev–Trinajstić information content (AvgIpc) is 3.20. The second kappa shape index (κ2) is 6.93. The van der Waals surface area contributed by atoms with Crippen molar-refractivity contribution in [3.63, 3.8) is 0 Å². The van der Waals surface area contributed by atoms with Crippen LogP contribution in [0, 0.1) is 0 Å². The van der Waals surface area contributed by atoms with E-state index in [0.717, 1.165) is 34.4 Å². The molecule has 0 aliphatic carbocycles. The molecule has 3 aromatic rings. The third-order valence-electron chi connectivity index (χ3n) is 4.45. The molecule has 1 aliphatic rings. The van der Waals surface area contributed by atoms with E-state index in [0.29, 0.717) is 19.7 Å². The van der Waals surface area contributed by atoms with Crippen LogP contribution < -0.4 is 4.74 Å². The van der Waals surface area contributed by atoms with Crippen molar-refractivity contribution in [3.8, 4) is 5.75 Å². The van der Waals surface area contributed by atoms with Gasteiger partial charge in [0.2, 0.25) is 15.0 Å². The summed E-state index contributed by atoms with van der Waals surface area (Å²) in [4.78, 5) is 0.734. The molecule has 0 unspecified atom stereocenters. The molecule has 0 spiro atoms. The molecule has 138 valence electrons. The molecule has 10 heteroatoms. The summed E-state index contributed by atoms with van der Waals surface area (Å²) >= 11 is 1.45. The number of aromatic nitrogens is 4. The lowest BCUT2D eigenvalue weighted by Crippen LogP contribution is -2.37. The quantitative estimate of drug-likeness (QED) is 0.658. The fourth-order valence-corrected chi connectivity index (χ4v) is 4.72. The van der Waals surface area contributed by atoms with Gasteiger partial charge in [0.1, 0.15) is 12.4 Å². The fraction of sp³-hybridized carbons (Fsp3) is 0.438. The summed E-state index contributed by atoms with van der Waals surface area (Å²) in [6, 6.07) is 9.60. The topological polar surface area (TPSA) is 89.7 Å². The van der Waals surface area contributed by atoms with Crippen LogP contribution in [0.15, 0.2) is 30.3 Å². The van der Waals surface area contributed by atoms with Crippen LogP contribution in [0.1, 0.15) is 29.6 Å².